The van der Waals surface area contributed by atoms with Crippen LogP contribution in [0.25, 0.3) is 0 Å². The molecule has 0 unspecified atom stereocenters. The Hall–Kier alpha value is -1.31. The Balaban J connectivity index is 1.83. The minimum atomic E-state index is -4.29. The number of halogens is 3. The Morgan fingerprint density at radius 3 is 2.71 bits per heavy atom. The van der Waals surface area contributed by atoms with E-state index < -0.39 is 12.8 Å². The zero-order chi connectivity index (χ0) is 12.5. The molecule has 0 amide bonds. The van der Waals surface area contributed by atoms with Crippen LogP contribution in [0.4, 0.5) is 19.0 Å². The zero-order valence-electron chi connectivity index (χ0n) is 9.07. The van der Waals surface area contributed by atoms with Gasteiger partial charge in [-0.1, -0.05) is 5.21 Å². The number of anilines is 1. The molecule has 0 saturated heterocycles. The molecule has 8 heteroatoms. The summed E-state index contributed by atoms with van der Waals surface area (Å²) in [6.07, 6.45) is -2.23. The van der Waals surface area contributed by atoms with Gasteiger partial charge in [0.05, 0.1) is 18.8 Å². The van der Waals surface area contributed by atoms with E-state index in [9.17, 15) is 13.2 Å². The van der Waals surface area contributed by atoms with E-state index in [4.69, 9.17) is 5.73 Å². The Morgan fingerprint density at radius 2 is 2.12 bits per heavy atom. The first-order valence-electron chi connectivity index (χ1n) is 5.31. The standard InChI is InChI=1S/C9H13F3N4O/c10-9(11,12)5-17-4-3-16-7(6-1-2-6)8(13)14-15-16/h6H,1-5,13H2. The van der Waals surface area contributed by atoms with Crippen molar-refractivity contribution in [2.24, 2.45) is 0 Å². The molecule has 1 aliphatic carbocycles. The van der Waals surface area contributed by atoms with Gasteiger partial charge in [0.25, 0.3) is 0 Å². The highest BCUT2D eigenvalue weighted by Gasteiger charge is 2.31. The third-order valence-corrected chi connectivity index (χ3v) is 2.48. The summed E-state index contributed by atoms with van der Waals surface area (Å²) in [6.45, 7) is -1.05. The molecule has 1 heterocycles. The van der Waals surface area contributed by atoms with Crippen molar-refractivity contribution >= 4 is 5.82 Å². The van der Waals surface area contributed by atoms with Crippen LogP contribution in [-0.4, -0.2) is 34.4 Å². The number of nitrogens with zero attached hydrogens (tertiary/aromatic N) is 3. The average molecular weight is 250 g/mol. The fourth-order valence-corrected chi connectivity index (χ4v) is 1.61. The van der Waals surface area contributed by atoms with Gasteiger partial charge >= 0.3 is 6.18 Å². The summed E-state index contributed by atoms with van der Waals surface area (Å²) in [6, 6.07) is 0. The Bertz CT molecular complexity index is 386. The number of nitrogens with two attached hydrogens (primary N) is 1. The second-order valence-electron chi connectivity index (χ2n) is 4.03. The van der Waals surface area contributed by atoms with Gasteiger partial charge in [-0.05, 0) is 12.8 Å². The molecule has 0 bridgehead atoms. The predicted molar refractivity (Wildman–Crippen MR) is 53.3 cm³/mol. The van der Waals surface area contributed by atoms with Crippen molar-refractivity contribution in [3.63, 3.8) is 0 Å². The van der Waals surface area contributed by atoms with E-state index in [2.05, 4.69) is 15.0 Å². The Labute approximate surface area is 95.7 Å². The number of alkyl halides is 3. The van der Waals surface area contributed by atoms with Crippen molar-refractivity contribution in [2.75, 3.05) is 18.9 Å². The van der Waals surface area contributed by atoms with E-state index in [0.717, 1.165) is 18.5 Å². The van der Waals surface area contributed by atoms with E-state index in [1.165, 1.54) is 4.68 Å². The molecule has 5 nitrogen and oxygen atoms in total. The number of rotatable bonds is 5. The summed E-state index contributed by atoms with van der Waals surface area (Å²) < 4.78 is 41.5. The fraction of sp³-hybridized carbons (Fsp3) is 0.778. The summed E-state index contributed by atoms with van der Waals surface area (Å²) in [5.41, 5.74) is 6.46. The molecule has 1 aromatic heterocycles. The lowest BCUT2D eigenvalue weighted by atomic mass is 10.3. The van der Waals surface area contributed by atoms with Gasteiger partial charge in [0.1, 0.15) is 6.61 Å². The minimum absolute atomic E-state index is 0.0535. The van der Waals surface area contributed by atoms with Crippen LogP contribution in [0.3, 0.4) is 0 Å². The van der Waals surface area contributed by atoms with E-state index in [0.29, 0.717) is 11.7 Å². The molecule has 1 aromatic rings. The van der Waals surface area contributed by atoms with Crippen LogP contribution in [0.2, 0.25) is 0 Å². The summed E-state index contributed by atoms with van der Waals surface area (Å²) in [4.78, 5) is 0. The second-order valence-corrected chi connectivity index (χ2v) is 4.03. The van der Waals surface area contributed by atoms with Crippen LogP contribution in [0, 0.1) is 0 Å². The molecule has 0 atom stereocenters. The SMILES string of the molecule is Nc1nnn(CCOCC(F)(F)F)c1C1CC1. The van der Waals surface area contributed by atoms with Gasteiger partial charge in [-0.2, -0.15) is 13.2 Å². The molecule has 0 aliphatic heterocycles. The van der Waals surface area contributed by atoms with Crippen molar-refractivity contribution in [2.45, 2.75) is 31.5 Å². The summed E-state index contributed by atoms with van der Waals surface area (Å²) >= 11 is 0. The van der Waals surface area contributed by atoms with Crippen molar-refractivity contribution in [3.8, 4) is 0 Å². The number of hydrogen-bond acceptors (Lipinski definition) is 4. The maximum absolute atomic E-state index is 11.8. The lowest BCUT2D eigenvalue weighted by Gasteiger charge is -2.08. The molecule has 0 radical (unpaired) electrons. The topological polar surface area (TPSA) is 66.0 Å². The molecule has 2 rings (SSSR count). The van der Waals surface area contributed by atoms with E-state index in [-0.39, 0.29) is 13.2 Å². The van der Waals surface area contributed by atoms with Gasteiger partial charge in [-0.3, -0.25) is 0 Å². The number of aromatic nitrogens is 3. The third-order valence-electron chi connectivity index (χ3n) is 2.48. The smallest absolute Gasteiger partial charge is 0.381 e. The molecule has 96 valence electrons. The quantitative estimate of drug-likeness (QED) is 0.800. The lowest BCUT2D eigenvalue weighted by Crippen LogP contribution is -2.19. The van der Waals surface area contributed by atoms with Crippen LogP contribution < -0.4 is 5.73 Å². The van der Waals surface area contributed by atoms with E-state index in [1.807, 2.05) is 0 Å². The van der Waals surface area contributed by atoms with Crippen LogP contribution in [0.15, 0.2) is 0 Å². The van der Waals surface area contributed by atoms with Crippen LogP contribution in [0.5, 0.6) is 0 Å². The highest BCUT2D eigenvalue weighted by atomic mass is 19.4. The van der Waals surface area contributed by atoms with E-state index >= 15 is 0 Å². The van der Waals surface area contributed by atoms with Crippen molar-refractivity contribution in [1.82, 2.24) is 15.0 Å². The van der Waals surface area contributed by atoms with Gasteiger partial charge in [0.2, 0.25) is 0 Å². The molecule has 0 spiro atoms. The summed E-state index contributed by atoms with van der Waals surface area (Å²) in [7, 11) is 0. The van der Waals surface area contributed by atoms with Crippen LogP contribution in [0.1, 0.15) is 24.5 Å². The average Bonchev–Trinajstić information content (AvgIpc) is 2.98. The van der Waals surface area contributed by atoms with Gasteiger partial charge in [0.15, 0.2) is 5.82 Å². The molecule has 1 fully saturated rings. The minimum Gasteiger partial charge on any atom is -0.381 e. The van der Waals surface area contributed by atoms with E-state index in [1.54, 1.807) is 0 Å². The fourth-order valence-electron chi connectivity index (χ4n) is 1.61. The molecule has 1 aliphatic rings. The van der Waals surface area contributed by atoms with Crippen LogP contribution >= 0.6 is 0 Å². The molecular weight excluding hydrogens is 237 g/mol. The third kappa shape index (κ3) is 3.32. The molecule has 2 N–H and O–H groups in total. The first kappa shape index (κ1) is 12.2. The molecule has 0 aromatic carbocycles. The largest absolute Gasteiger partial charge is 0.411 e. The van der Waals surface area contributed by atoms with Crippen molar-refractivity contribution in [3.05, 3.63) is 5.69 Å². The van der Waals surface area contributed by atoms with Crippen LogP contribution in [-0.2, 0) is 11.3 Å². The van der Waals surface area contributed by atoms with Crippen molar-refractivity contribution < 1.29 is 17.9 Å². The highest BCUT2D eigenvalue weighted by Crippen LogP contribution is 2.41. The summed E-state index contributed by atoms with van der Waals surface area (Å²) in [5.74, 6) is 0.718. The number of hydrogen-bond donors (Lipinski definition) is 1. The Kier molecular flexibility index (Phi) is 3.23. The monoisotopic (exact) mass is 250 g/mol. The Morgan fingerprint density at radius 1 is 1.41 bits per heavy atom. The normalized spacial score (nSPS) is 16.4. The van der Waals surface area contributed by atoms with Gasteiger partial charge in [-0.15, -0.1) is 5.10 Å². The molecule has 1 saturated carbocycles. The van der Waals surface area contributed by atoms with Gasteiger partial charge < -0.3 is 10.5 Å². The van der Waals surface area contributed by atoms with Gasteiger partial charge in [-0.25, -0.2) is 4.68 Å². The number of ether oxygens (including phenoxy) is 1. The van der Waals surface area contributed by atoms with Gasteiger partial charge in [0, 0.05) is 5.92 Å². The first-order chi connectivity index (χ1) is 7.97. The molecule has 17 heavy (non-hydrogen) atoms. The maximum Gasteiger partial charge on any atom is 0.411 e. The number of nitrogen functional groups attached to an aromatic ring is 1. The first-order valence-corrected chi connectivity index (χ1v) is 5.31. The predicted octanol–water partition coefficient (Wildman–Crippen LogP) is 1.32. The lowest BCUT2D eigenvalue weighted by molar-refractivity contribution is -0.174. The zero-order valence-corrected chi connectivity index (χ0v) is 9.07. The highest BCUT2D eigenvalue weighted by molar-refractivity contribution is 5.38. The maximum atomic E-state index is 11.8. The van der Waals surface area contributed by atoms with Crippen molar-refractivity contribution in [1.29, 1.82) is 0 Å². The second kappa shape index (κ2) is 4.52. The molecular formula is C9H13F3N4O. The summed E-state index contributed by atoms with van der Waals surface area (Å²) in [5, 5.41) is 7.51.